The first kappa shape index (κ1) is 31.7. The highest BCUT2D eigenvalue weighted by Crippen LogP contribution is 2.48. The second kappa shape index (κ2) is 11.4. The Morgan fingerprint density at radius 3 is 2.77 bits per heavy atom. The van der Waals surface area contributed by atoms with E-state index in [-0.39, 0.29) is 75.1 Å². The maximum Gasteiger partial charge on any atom is 0.417 e. The Hall–Kier alpha value is -3.87. The first-order valence-electron chi connectivity index (χ1n) is 15.3. The summed E-state index contributed by atoms with van der Waals surface area (Å²) in [7, 11) is 1.68. The van der Waals surface area contributed by atoms with Crippen molar-refractivity contribution >= 4 is 43.1 Å². The van der Waals surface area contributed by atoms with Gasteiger partial charge in [0.15, 0.2) is 5.82 Å². The van der Waals surface area contributed by atoms with E-state index in [0.717, 1.165) is 24.6 Å². The zero-order chi connectivity index (χ0) is 33.4. The van der Waals surface area contributed by atoms with E-state index in [1.807, 2.05) is 17.9 Å². The number of alkyl halides is 4. The van der Waals surface area contributed by atoms with Crippen molar-refractivity contribution in [2.24, 2.45) is 0 Å². The number of thiophene rings is 1. The molecular weight excluding hydrogens is 644 g/mol. The molecule has 8 nitrogen and oxygen atoms in total. The molecule has 7 rings (SSSR count). The van der Waals surface area contributed by atoms with Crippen LogP contribution in [0.15, 0.2) is 18.2 Å². The minimum atomic E-state index is -5.07. The number of aromatic nitrogens is 2. The van der Waals surface area contributed by atoms with Crippen LogP contribution in [0.3, 0.4) is 0 Å². The Bertz CT molecular complexity index is 1940. The van der Waals surface area contributed by atoms with Crippen LogP contribution in [0.5, 0.6) is 6.01 Å². The van der Waals surface area contributed by atoms with Gasteiger partial charge in [-0.2, -0.15) is 28.4 Å². The van der Waals surface area contributed by atoms with Crippen LogP contribution in [0, 0.1) is 23.0 Å². The van der Waals surface area contributed by atoms with Gasteiger partial charge in [-0.15, -0.1) is 11.3 Å². The van der Waals surface area contributed by atoms with Gasteiger partial charge in [-0.05, 0) is 57.0 Å². The van der Waals surface area contributed by atoms with E-state index < -0.39 is 46.2 Å². The lowest BCUT2D eigenvalue weighted by Gasteiger charge is -2.32. The Morgan fingerprint density at radius 1 is 1.28 bits per heavy atom. The summed E-state index contributed by atoms with van der Waals surface area (Å²) in [5.41, 5.74) is 2.11. The smallest absolute Gasteiger partial charge is 0.417 e. The van der Waals surface area contributed by atoms with Crippen molar-refractivity contribution in [2.75, 3.05) is 43.9 Å². The number of nitrogen functional groups attached to an aromatic ring is 1. The monoisotopic (exact) mass is 675 g/mol. The third-order valence-corrected chi connectivity index (χ3v) is 11.0. The molecule has 0 amide bonds. The normalized spacial score (nSPS) is 24.7. The number of fused-ring (bicyclic) bond motifs is 3. The number of nitrogens with zero attached hydrogens (tertiary/aromatic N) is 5. The second-order valence-corrected chi connectivity index (χ2v) is 13.7. The van der Waals surface area contributed by atoms with Crippen LogP contribution in [0.2, 0.25) is 0 Å². The van der Waals surface area contributed by atoms with Gasteiger partial charge in [-0.25, -0.2) is 13.2 Å². The zero-order valence-corrected chi connectivity index (χ0v) is 26.3. The topological polar surface area (TPSA) is 103 Å². The summed E-state index contributed by atoms with van der Waals surface area (Å²) in [6.45, 7) is 3.63. The van der Waals surface area contributed by atoms with Gasteiger partial charge in [-0.3, -0.25) is 4.90 Å². The van der Waals surface area contributed by atoms with Crippen LogP contribution in [0.1, 0.15) is 43.7 Å². The number of hydrogen-bond donors (Lipinski definition) is 2. The van der Waals surface area contributed by atoms with Crippen molar-refractivity contribution in [2.45, 2.75) is 62.6 Å². The van der Waals surface area contributed by atoms with E-state index >= 15 is 4.39 Å². The van der Waals surface area contributed by atoms with Gasteiger partial charge < -0.3 is 20.7 Å². The largest absolute Gasteiger partial charge is 0.461 e. The molecular formula is C32H31F6N7OS. The van der Waals surface area contributed by atoms with Crippen LogP contribution < -0.4 is 20.7 Å². The van der Waals surface area contributed by atoms with Crippen molar-refractivity contribution in [3.8, 4) is 23.2 Å². The minimum Gasteiger partial charge on any atom is -0.461 e. The molecule has 3 aliphatic rings. The lowest BCUT2D eigenvalue weighted by molar-refractivity contribution is -0.137. The molecule has 4 aromatic rings. The number of nitrogens with two attached hydrogens (primary N) is 1. The molecule has 0 bridgehead atoms. The standard InChI is InChI=1S/C32H31F6N7OS/c1-15-22(6-8-41-15)44(2)29-18-10-20(32(36,37)38)24(17-4-5-21(34)27-23(17)19(12-39)28(40)47-27)25(35)26(18)42-30(43-29)46-14-31-7-3-9-45(31)13-16(33)11-31/h4-5,10,15-16,22,41H,3,6-9,11,13-14,40H2,1-2H3/t15?,16-,22?,31+/m1/s1. The molecule has 15 heteroatoms. The van der Waals surface area contributed by atoms with E-state index in [9.17, 15) is 27.2 Å². The predicted molar refractivity (Wildman–Crippen MR) is 167 cm³/mol. The summed E-state index contributed by atoms with van der Waals surface area (Å²) in [4.78, 5) is 12.6. The summed E-state index contributed by atoms with van der Waals surface area (Å²) in [5, 5.41) is 12.6. The van der Waals surface area contributed by atoms with Gasteiger partial charge in [0.2, 0.25) is 0 Å². The fourth-order valence-corrected chi connectivity index (χ4v) is 8.65. The molecule has 0 radical (unpaired) electrons. The Kier molecular flexibility index (Phi) is 7.68. The molecule has 0 spiro atoms. The molecule has 2 unspecified atom stereocenters. The van der Waals surface area contributed by atoms with Crippen molar-refractivity contribution in [1.82, 2.24) is 20.2 Å². The molecule has 0 aliphatic carbocycles. The molecule has 47 heavy (non-hydrogen) atoms. The molecule has 3 fully saturated rings. The van der Waals surface area contributed by atoms with Crippen molar-refractivity contribution < 1.29 is 31.1 Å². The lowest BCUT2D eigenvalue weighted by atomic mass is 9.92. The van der Waals surface area contributed by atoms with Crippen molar-refractivity contribution in [3.05, 3.63) is 41.0 Å². The van der Waals surface area contributed by atoms with Gasteiger partial charge in [0.25, 0.3) is 0 Å². The van der Waals surface area contributed by atoms with Crippen molar-refractivity contribution in [1.29, 1.82) is 5.26 Å². The number of benzene rings is 2. The van der Waals surface area contributed by atoms with Gasteiger partial charge in [-0.1, -0.05) is 6.07 Å². The fourth-order valence-electron chi connectivity index (χ4n) is 7.70. The summed E-state index contributed by atoms with van der Waals surface area (Å²) < 4.78 is 96.8. The Labute approximate surface area is 270 Å². The molecule has 0 saturated carbocycles. The number of rotatable bonds is 6. The fraction of sp³-hybridized carbons (Fsp3) is 0.469. The highest BCUT2D eigenvalue weighted by molar-refractivity contribution is 7.23. The van der Waals surface area contributed by atoms with Gasteiger partial charge in [0, 0.05) is 48.4 Å². The quantitative estimate of drug-likeness (QED) is 0.226. The average Bonchev–Trinajstić information content (AvgIpc) is 3.77. The van der Waals surface area contributed by atoms with E-state index in [2.05, 4.69) is 15.3 Å². The first-order valence-corrected chi connectivity index (χ1v) is 16.1. The number of hydrogen-bond acceptors (Lipinski definition) is 9. The van der Waals surface area contributed by atoms with Gasteiger partial charge in [0.1, 0.15) is 41.0 Å². The third-order valence-electron chi connectivity index (χ3n) is 9.94. The van der Waals surface area contributed by atoms with Crippen LogP contribution in [-0.4, -0.2) is 72.0 Å². The summed E-state index contributed by atoms with van der Waals surface area (Å²) in [5.74, 6) is -2.10. The highest BCUT2D eigenvalue weighted by Gasteiger charge is 2.49. The molecule has 4 atom stereocenters. The molecule has 3 aliphatic heterocycles. The zero-order valence-electron chi connectivity index (χ0n) is 25.5. The summed E-state index contributed by atoms with van der Waals surface area (Å²) in [6.07, 6.45) is -3.62. The van der Waals surface area contributed by atoms with E-state index in [4.69, 9.17) is 10.5 Å². The SMILES string of the molecule is CC1NCCC1N(C)c1nc(OC[C@@]23CCCN2C[C@H](F)C3)nc2c(F)c(-c3ccc(F)c4sc(N)c(C#N)c34)c(C(F)(F)F)cc12. The molecule has 2 aromatic carbocycles. The van der Waals surface area contributed by atoms with E-state index in [0.29, 0.717) is 37.3 Å². The third kappa shape index (κ3) is 5.12. The number of halogens is 6. The highest BCUT2D eigenvalue weighted by atomic mass is 32.1. The molecule has 2 aromatic heterocycles. The number of anilines is 2. The van der Waals surface area contributed by atoms with E-state index in [1.54, 1.807) is 11.9 Å². The maximum atomic E-state index is 17.0. The maximum absolute atomic E-state index is 17.0. The number of likely N-dealkylation sites (N-methyl/N-ethyl adjacent to an activating group) is 1. The van der Waals surface area contributed by atoms with Gasteiger partial charge in [0.05, 0.1) is 21.4 Å². The Balaban J connectivity index is 1.46. The predicted octanol–water partition coefficient (Wildman–Crippen LogP) is 6.40. The number of nitrogens with one attached hydrogen (secondary N) is 1. The van der Waals surface area contributed by atoms with Crippen LogP contribution in [-0.2, 0) is 6.18 Å². The van der Waals surface area contributed by atoms with Gasteiger partial charge >= 0.3 is 12.2 Å². The van der Waals surface area contributed by atoms with Crippen molar-refractivity contribution in [3.63, 3.8) is 0 Å². The molecule has 3 N–H and O–H groups in total. The lowest BCUT2D eigenvalue weighted by Crippen LogP contribution is -2.43. The second-order valence-electron chi connectivity index (χ2n) is 12.7. The van der Waals surface area contributed by atoms with Crippen LogP contribution >= 0.6 is 11.3 Å². The molecule has 248 valence electrons. The number of ether oxygens (including phenoxy) is 1. The van der Waals surface area contributed by atoms with Crippen LogP contribution in [0.4, 0.5) is 37.2 Å². The minimum absolute atomic E-state index is 0.0247. The van der Waals surface area contributed by atoms with E-state index in [1.165, 1.54) is 0 Å². The summed E-state index contributed by atoms with van der Waals surface area (Å²) >= 11 is 0.698. The first-order chi connectivity index (χ1) is 22.3. The molecule has 5 heterocycles. The average molecular weight is 676 g/mol. The number of nitriles is 1. The summed E-state index contributed by atoms with van der Waals surface area (Å²) in [6, 6.07) is 4.08. The molecule has 3 saturated heterocycles. The Morgan fingerprint density at radius 2 is 2.06 bits per heavy atom. The van der Waals surface area contributed by atoms with Crippen LogP contribution in [0.25, 0.3) is 32.1 Å².